The van der Waals surface area contributed by atoms with Crippen LogP contribution in [-0.2, 0) is 0 Å². The average molecular weight is 200 g/mol. The number of aliphatic hydroxyl groups excluding tert-OH is 1. The minimum absolute atomic E-state index is 0.0958. The largest absolute Gasteiger partial charge is 0.393 e. The zero-order valence-electron chi connectivity index (χ0n) is 10.6. The Labute approximate surface area is 89.9 Å². The van der Waals surface area contributed by atoms with E-state index in [1.165, 1.54) is 12.8 Å². The van der Waals surface area contributed by atoms with Crippen molar-refractivity contribution in [3.63, 3.8) is 0 Å². The monoisotopic (exact) mass is 200 g/mol. The van der Waals surface area contributed by atoms with Crippen LogP contribution in [0.2, 0.25) is 0 Å². The van der Waals surface area contributed by atoms with E-state index in [1.807, 2.05) is 0 Å². The van der Waals surface area contributed by atoms with Gasteiger partial charge in [0.25, 0.3) is 0 Å². The molecule has 3 unspecified atom stereocenters. The molecular formula is C13H28O. The SMILES string of the molecule is CCCC(C)C(CC)C(O)CC(C)C. The van der Waals surface area contributed by atoms with Crippen molar-refractivity contribution in [1.29, 1.82) is 0 Å². The molecule has 0 rings (SSSR count). The lowest BCUT2D eigenvalue weighted by atomic mass is 9.81. The van der Waals surface area contributed by atoms with E-state index in [-0.39, 0.29) is 6.10 Å². The highest BCUT2D eigenvalue weighted by molar-refractivity contribution is 4.74. The van der Waals surface area contributed by atoms with Crippen molar-refractivity contribution in [3.8, 4) is 0 Å². The van der Waals surface area contributed by atoms with Gasteiger partial charge in [0.2, 0.25) is 0 Å². The van der Waals surface area contributed by atoms with Gasteiger partial charge in [0, 0.05) is 0 Å². The highest BCUT2D eigenvalue weighted by atomic mass is 16.3. The summed E-state index contributed by atoms with van der Waals surface area (Å²) >= 11 is 0. The summed E-state index contributed by atoms with van der Waals surface area (Å²) in [5, 5.41) is 10.1. The maximum absolute atomic E-state index is 10.1. The Kier molecular flexibility index (Phi) is 7.26. The van der Waals surface area contributed by atoms with Gasteiger partial charge in [-0.15, -0.1) is 0 Å². The van der Waals surface area contributed by atoms with Crippen LogP contribution in [-0.4, -0.2) is 11.2 Å². The first-order valence-electron chi connectivity index (χ1n) is 6.20. The third-order valence-corrected chi connectivity index (χ3v) is 3.15. The van der Waals surface area contributed by atoms with Crippen LogP contribution < -0.4 is 0 Å². The molecule has 0 heterocycles. The first-order valence-corrected chi connectivity index (χ1v) is 6.20. The highest BCUT2D eigenvalue weighted by Crippen LogP contribution is 2.26. The van der Waals surface area contributed by atoms with Gasteiger partial charge in [0.05, 0.1) is 6.10 Å². The fourth-order valence-corrected chi connectivity index (χ4v) is 2.38. The molecule has 14 heavy (non-hydrogen) atoms. The molecule has 0 saturated carbocycles. The molecule has 0 aliphatic rings. The summed E-state index contributed by atoms with van der Waals surface area (Å²) in [7, 11) is 0. The van der Waals surface area contributed by atoms with Gasteiger partial charge >= 0.3 is 0 Å². The van der Waals surface area contributed by atoms with Crippen molar-refractivity contribution in [2.45, 2.75) is 66.4 Å². The average Bonchev–Trinajstić information content (AvgIpc) is 2.04. The Hall–Kier alpha value is -0.0400. The van der Waals surface area contributed by atoms with Crippen LogP contribution in [0.5, 0.6) is 0 Å². The highest BCUT2D eigenvalue weighted by Gasteiger charge is 2.23. The molecule has 86 valence electrons. The molecule has 0 aromatic heterocycles. The summed E-state index contributed by atoms with van der Waals surface area (Å²) in [6.45, 7) is 11.1. The summed E-state index contributed by atoms with van der Waals surface area (Å²) in [4.78, 5) is 0. The van der Waals surface area contributed by atoms with Gasteiger partial charge in [0.1, 0.15) is 0 Å². The van der Waals surface area contributed by atoms with Crippen LogP contribution in [0.25, 0.3) is 0 Å². The predicted octanol–water partition coefficient (Wildman–Crippen LogP) is 3.86. The van der Waals surface area contributed by atoms with Crippen LogP contribution in [0.1, 0.15) is 60.3 Å². The molecule has 0 fully saturated rings. The van der Waals surface area contributed by atoms with Gasteiger partial charge in [-0.2, -0.15) is 0 Å². The molecule has 0 spiro atoms. The number of rotatable bonds is 7. The number of aliphatic hydroxyl groups is 1. The second-order valence-electron chi connectivity index (χ2n) is 5.03. The Morgan fingerprint density at radius 2 is 1.64 bits per heavy atom. The van der Waals surface area contributed by atoms with Crippen LogP contribution >= 0.6 is 0 Å². The van der Waals surface area contributed by atoms with E-state index in [2.05, 4.69) is 34.6 Å². The van der Waals surface area contributed by atoms with Gasteiger partial charge < -0.3 is 5.11 Å². The molecule has 0 aliphatic heterocycles. The van der Waals surface area contributed by atoms with Gasteiger partial charge in [-0.05, 0) is 24.2 Å². The number of hydrogen-bond donors (Lipinski definition) is 1. The van der Waals surface area contributed by atoms with E-state index >= 15 is 0 Å². The molecular weight excluding hydrogens is 172 g/mol. The molecule has 0 saturated heterocycles. The van der Waals surface area contributed by atoms with Crippen LogP contribution in [0.3, 0.4) is 0 Å². The van der Waals surface area contributed by atoms with E-state index in [4.69, 9.17) is 0 Å². The smallest absolute Gasteiger partial charge is 0.0573 e. The van der Waals surface area contributed by atoms with Crippen molar-refractivity contribution in [2.75, 3.05) is 0 Å². The van der Waals surface area contributed by atoms with Crippen LogP contribution in [0.15, 0.2) is 0 Å². The van der Waals surface area contributed by atoms with Gasteiger partial charge in [0.15, 0.2) is 0 Å². The van der Waals surface area contributed by atoms with Gasteiger partial charge in [-0.25, -0.2) is 0 Å². The van der Waals surface area contributed by atoms with Crippen LogP contribution in [0.4, 0.5) is 0 Å². The van der Waals surface area contributed by atoms with Crippen LogP contribution in [0, 0.1) is 17.8 Å². The Bertz CT molecular complexity index is 131. The van der Waals surface area contributed by atoms with E-state index in [9.17, 15) is 5.11 Å². The fourth-order valence-electron chi connectivity index (χ4n) is 2.38. The standard InChI is InChI=1S/C13H28O/c1-6-8-11(5)12(7-2)13(14)9-10(3)4/h10-14H,6-9H2,1-5H3. The van der Waals surface area contributed by atoms with Gasteiger partial charge in [-0.1, -0.05) is 53.9 Å². The second-order valence-corrected chi connectivity index (χ2v) is 5.03. The first-order chi connectivity index (χ1) is 6.52. The minimum Gasteiger partial charge on any atom is -0.393 e. The Balaban J connectivity index is 4.09. The van der Waals surface area contributed by atoms with Crippen molar-refractivity contribution in [2.24, 2.45) is 17.8 Å². The minimum atomic E-state index is -0.0958. The molecule has 1 heteroatoms. The summed E-state index contributed by atoms with van der Waals surface area (Å²) in [5.41, 5.74) is 0. The zero-order valence-corrected chi connectivity index (χ0v) is 10.6. The Morgan fingerprint density at radius 1 is 1.07 bits per heavy atom. The molecule has 0 aromatic rings. The maximum Gasteiger partial charge on any atom is 0.0573 e. The molecule has 0 aliphatic carbocycles. The van der Waals surface area contributed by atoms with E-state index in [1.54, 1.807) is 0 Å². The lowest BCUT2D eigenvalue weighted by Crippen LogP contribution is -2.27. The number of hydrogen-bond acceptors (Lipinski definition) is 1. The zero-order chi connectivity index (χ0) is 11.1. The molecule has 0 radical (unpaired) electrons. The van der Waals surface area contributed by atoms with E-state index in [0.717, 1.165) is 12.8 Å². The van der Waals surface area contributed by atoms with Gasteiger partial charge in [-0.3, -0.25) is 0 Å². The molecule has 1 nitrogen and oxygen atoms in total. The van der Waals surface area contributed by atoms with E-state index in [0.29, 0.717) is 17.8 Å². The lowest BCUT2D eigenvalue weighted by molar-refractivity contribution is 0.0540. The Morgan fingerprint density at radius 3 is 2.00 bits per heavy atom. The third-order valence-electron chi connectivity index (χ3n) is 3.15. The van der Waals surface area contributed by atoms with Crippen molar-refractivity contribution < 1.29 is 5.11 Å². The van der Waals surface area contributed by atoms with E-state index < -0.39 is 0 Å². The normalized spacial score (nSPS) is 18.2. The third kappa shape index (κ3) is 4.99. The summed E-state index contributed by atoms with van der Waals surface area (Å²) in [6.07, 6.45) is 4.43. The quantitative estimate of drug-likeness (QED) is 0.661. The summed E-state index contributed by atoms with van der Waals surface area (Å²) in [6, 6.07) is 0. The summed E-state index contributed by atoms with van der Waals surface area (Å²) in [5.74, 6) is 1.77. The fraction of sp³-hybridized carbons (Fsp3) is 1.00. The predicted molar refractivity (Wildman–Crippen MR) is 63.3 cm³/mol. The molecule has 0 aromatic carbocycles. The molecule has 0 bridgehead atoms. The maximum atomic E-state index is 10.1. The molecule has 0 amide bonds. The molecule has 1 N–H and O–H groups in total. The lowest BCUT2D eigenvalue weighted by Gasteiger charge is -2.28. The van der Waals surface area contributed by atoms with Crippen molar-refractivity contribution in [1.82, 2.24) is 0 Å². The molecule has 3 atom stereocenters. The second kappa shape index (κ2) is 7.28. The van der Waals surface area contributed by atoms with Crippen molar-refractivity contribution in [3.05, 3.63) is 0 Å². The van der Waals surface area contributed by atoms with Crippen molar-refractivity contribution >= 4 is 0 Å². The topological polar surface area (TPSA) is 20.2 Å². The first kappa shape index (κ1) is 14.0. The summed E-state index contributed by atoms with van der Waals surface area (Å²) < 4.78 is 0.